The van der Waals surface area contributed by atoms with Crippen LogP contribution in [-0.2, 0) is 9.57 Å². The summed E-state index contributed by atoms with van der Waals surface area (Å²) in [7, 11) is 0. The van der Waals surface area contributed by atoms with Crippen molar-refractivity contribution in [3.63, 3.8) is 0 Å². The second-order valence-corrected chi connectivity index (χ2v) is 5.86. The van der Waals surface area contributed by atoms with E-state index in [2.05, 4.69) is 10.2 Å². The molecule has 0 aromatic carbocycles. The summed E-state index contributed by atoms with van der Waals surface area (Å²) in [6.07, 6.45) is 3.55. The van der Waals surface area contributed by atoms with Crippen LogP contribution in [0.1, 0.15) is 33.2 Å². The molecule has 1 aliphatic rings. The molecule has 2 atom stereocenters. The molecule has 1 amide bonds. The molecule has 2 N–H and O–H groups in total. The maximum atomic E-state index is 12.2. The summed E-state index contributed by atoms with van der Waals surface area (Å²) in [5.41, 5.74) is -0.534. The predicted octanol–water partition coefficient (Wildman–Crippen LogP) is 0.719. The lowest BCUT2D eigenvalue weighted by Gasteiger charge is -2.27. The molecule has 1 fully saturated rings. The minimum atomic E-state index is -0.534. The standard InChI is InChI=1S/C12H21N5O3/c1-12(2,3)20-11(18)16-7-9(6-10(16)8-19-13)17-14-4-5-15-17/h4-5,9-10H,6-8,13H2,1-3H3/t9-,10?/m0/s1. The third kappa shape index (κ3) is 3.45. The van der Waals surface area contributed by atoms with Gasteiger partial charge in [-0.1, -0.05) is 0 Å². The van der Waals surface area contributed by atoms with Crippen LogP contribution in [0.15, 0.2) is 12.4 Å². The van der Waals surface area contributed by atoms with Gasteiger partial charge in [-0.05, 0) is 27.2 Å². The van der Waals surface area contributed by atoms with Crippen LogP contribution in [0.2, 0.25) is 0 Å². The highest BCUT2D eigenvalue weighted by atomic mass is 16.6. The van der Waals surface area contributed by atoms with Gasteiger partial charge in [-0.3, -0.25) is 0 Å². The smallest absolute Gasteiger partial charge is 0.410 e. The fourth-order valence-corrected chi connectivity index (χ4v) is 2.29. The summed E-state index contributed by atoms with van der Waals surface area (Å²) in [6, 6.07) is -0.122. The van der Waals surface area contributed by atoms with Crippen molar-refractivity contribution in [1.29, 1.82) is 0 Å². The normalized spacial score (nSPS) is 23.1. The number of hydrogen-bond donors (Lipinski definition) is 1. The number of rotatable bonds is 3. The van der Waals surface area contributed by atoms with Gasteiger partial charge in [-0.25, -0.2) is 10.7 Å². The number of carbonyl (C=O) groups is 1. The van der Waals surface area contributed by atoms with Crippen molar-refractivity contribution in [3.05, 3.63) is 12.4 Å². The fourth-order valence-electron chi connectivity index (χ4n) is 2.29. The Morgan fingerprint density at radius 2 is 2.05 bits per heavy atom. The molecule has 0 radical (unpaired) electrons. The molecule has 0 saturated carbocycles. The first-order valence-electron chi connectivity index (χ1n) is 6.58. The van der Waals surface area contributed by atoms with Crippen molar-refractivity contribution < 1.29 is 14.4 Å². The second kappa shape index (κ2) is 5.76. The van der Waals surface area contributed by atoms with E-state index in [0.29, 0.717) is 13.0 Å². The predicted molar refractivity (Wildman–Crippen MR) is 70.5 cm³/mol. The number of nitrogens with two attached hydrogens (primary N) is 1. The highest BCUT2D eigenvalue weighted by Crippen LogP contribution is 2.27. The van der Waals surface area contributed by atoms with Gasteiger partial charge in [-0.15, -0.1) is 0 Å². The van der Waals surface area contributed by atoms with Gasteiger partial charge >= 0.3 is 6.09 Å². The first-order chi connectivity index (χ1) is 9.40. The minimum Gasteiger partial charge on any atom is -0.444 e. The molecule has 2 heterocycles. The Labute approximate surface area is 117 Å². The SMILES string of the molecule is CC(C)(C)OC(=O)N1C[C@@H](n2nccn2)CC1CON. The molecule has 1 aromatic rings. The Morgan fingerprint density at radius 1 is 1.40 bits per heavy atom. The lowest BCUT2D eigenvalue weighted by atomic mass is 10.2. The Bertz CT molecular complexity index is 442. The highest BCUT2D eigenvalue weighted by Gasteiger charge is 2.39. The van der Waals surface area contributed by atoms with E-state index in [0.717, 1.165) is 0 Å². The van der Waals surface area contributed by atoms with Gasteiger partial charge in [0.1, 0.15) is 5.60 Å². The zero-order valence-corrected chi connectivity index (χ0v) is 12.0. The van der Waals surface area contributed by atoms with Crippen molar-refractivity contribution in [3.8, 4) is 0 Å². The highest BCUT2D eigenvalue weighted by molar-refractivity contribution is 5.69. The molecule has 1 aromatic heterocycles. The summed E-state index contributed by atoms with van der Waals surface area (Å²) in [5, 5.41) is 8.23. The monoisotopic (exact) mass is 283 g/mol. The number of amides is 1. The Morgan fingerprint density at radius 3 is 2.60 bits per heavy atom. The molecule has 8 heteroatoms. The van der Waals surface area contributed by atoms with Crippen LogP contribution < -0.4 is 5.90 Å². The van der Waals surface area contributed by atoms with Crippen molar-refractivity contribution in [2.45, 2.75) is 44.9 Å². The third-order valence-corrected chi connectivity index (χ3v) is 3.07. The van der Waals surface area contributed by atoms with Crippen LogP contribution in [0.4, 0.5) is 4.79 Å². The zero-order valence-electron chi connectivity index (χ0n) is 12.0. The molecule has 1 aliphatic heterocycles. The molecule has 0 aliphatic carbocycles. The van der Waals surface area contributed by atoms with Gasteiger partial charge in [0.05, 0.1) is 31.1 Å². The lowest BCUT2D eigenvalue weighted by molar-refractivity contribution is 0.0103. The van der Waals surface area contributed by atoms with Crippen molar-refractivity contribution in [2.75, 3.05) is 13.2 Å². The number of likely N-dealkylation sites (tertiary alicyclic amines) is 1. The van der Waals surface area contributed by atoms with E-state index >= 15 is 0 Å². The molecule has 1 unspecified atom stereocenters. The van der Waals surface area contributed by atoms with Crippen LogP contribution in [-0.4, -0.2) is 50.8 Å². The Balaban J connectivity index is 2.07. The Kier molecular flexibility index (Phi) is 4.24. The molecule has 112 valence electrons. The van der Waals surface area contributed by atoms with Crippen LogP contribution in [0.25, 0.3) is 0 Å². The molecule has 1 saturated heterocycles. The average molecular weight is 283 g/mol. The van der Waals surface area contributed by atoms with E-state index < -0.39 is 5.60 Å². The average Bonchev–Trinajstić information content (AvgIpc) is 2.94. The quantitative estimate of drug-likeness (QED) is 0.821. The lowest BCUT2D eigenvalue weighted by Crippen LogP contribution is -2.42. The zero-order chi connectivity index (χ0) is 14.8. The van der Waals surface area contributed by atoms with E-state index in [4.69, 9.17) is 15.5 Å². The molecule has 0 bridgehead atoms. The maximum Gasteiger partial charge on any atom is 0.410 e. The number of ether oxygens (including phenoxy) is 1. The van der Waals surface area contributed by atoms with Gasteiger partial charge in [-0.2, -0.15) is 15.0 Å². The van der Waals surface area contributed by atoms with Crippen LogP contribution in [0, 0.1) is 0 Å². The van der Waals surface area contributed by atoms with E-state index in [-0.39, 0.29) is 24.8 Å². The second-order valence-electron chi connectivity index (χ2n) is 5.86. The largest absolute Gasteiger partial charge is 0.444 e. The van der Waals surface area contributed by atoms with E-state index in [1.54, 1.807) is 22.1 Å². The molecule has 2 rings (SSSR count). The first-order valence-corrected chi connectivity index (χ1v) is 6.58. The number of nitrogens with zero attached hydrogens (tertiary/aromatic N) is 4. The molecule has 0 spiro atoms. The summed E-state index contributed by atoms with van der Waals surface area (Å²) >= 11 is 0. The maximum absolute atomic E-state index is 12.2. The number of carbonyl (C=O) groups excluding carboxylic acids is 1. The molecule has 20 heavy (non-hydrogen) atoms. The summed E-state index contributed by atoms with van der Waals surface area (Å²) in [5.74, 6) is 5.15. The Hall–Kier alpha value is -1.67. The molecular weight excluding hydrogens is 262 g/mol. The van der Waals surface area contributed by atoms with E-state index in [1.807, 2.05) is 20.8 Å². The summed E-state index contributed by atoms with van der Waals surface area (Å²) in [6.45, 7) is 6.25. The summed E-state index contributed by atoms with van der Waals surface area (Å²) in [4.78, 5) is 20.2. The van der Waals surface area contributed by atoms with E-state index in [1.165, 1.54) is 0 Å². The minimum absolute atomic E-state index is 0.0117. The molecule has 8 nitrogen and oxygen atoms in total. The number of aromatic nitrogens is 3. The van der Waals surface area contributed by atoms with Gasteiger partial charge in [0, 0.05) is 6.54 Å². The van der Waals surface area contributed by atoms with Crippen molar-refractivity contribution in [1.82, 2.24) is 19.9 Å². The summed E-state index contributed by atoms with van der Waals surface area (Å²) < 4.78 is 5.40. The first kappa shape index (κ1) is 14.7. The topological polar surface area (TPSA) is 95.5 Å². The van der Waals surface area contributed by atoms with Crippen molar-refractivity contribution >= 4 is 6.09 Å². The van der Waals surface area contributed by atoms with Crippen LogP contribution >= 0.6 is 0 Å². The van der Waals surface area contributed by atoms with Crippen LogP contribution in [0.3, 0.4) is 0 Å². The van der Waals surface area contributed by atoms with Gasteiger partial charge in [0.25, 0.3) is 0 Å². The van der Waals surface area contributed by atoms with Gasteiger partial charge in [0.15, 0.2) is 0 Å². The third-order valence-electron chi connectivity index (χ3n) is 3.07. The number of hydrogen-bond acceptors (Lipinski definition) is 6. The fraction of sp³-hybridized carbons (Fsp3) is 0.750. The van der Waals surface area contributed by atoms with Crippen molar-refractivity contribution in [2.24, 2.45) is 5.90 Å². The molecular formula is C12H21N5O3. The van der Waals surface area contributed by atoms with Crippen LogP contribution in [0.5, 0.6) is 0 Å². The van der Waals surface area contributed by atoms with Gasteiger partial charge in [0.2, 0.25) is 0 Å². The van der Waals surface area contributed by atoms with E-state index in [9.17, 15) is 4.79 Å². The van der Waals surface area contributed by atoms with Gasteiger partial charge < -0.3 is 14.5 Å².